The van der Waals surface area contributed by atoms with Crippen LogP contribution in [-0.4, -0.2) is 11.0 Å². The maximum atomic E-state index is 11.7. The van der Waals surface area contributed by atoms with E-state index < -0.39 is 5.92 Å². The first-order valence-corrected chi connectivity index (χ1v) is 5.04. The monoisotopic (exact) mass is 218 g/mol. The van der Waals surface area contributed by atoms with Crippen LogP contribution in [0.15, 0.2) is 24.3 Å². The number of phenols is 1. The molecule has 0 aliphatic carbocycles. The fraction of sp³-hybridized carbons (Fsp3) is 0.333. The van der Waals surface area contributed by atoms with Gasteiger partial charge in [-0.15, -0.1) is 0 Å². The predicted molar refractivity (Wildman–Crippen MR) is 60.7 cm³/mol. The Morgan fingerprint density at radius 3 is 2.56 bits per heavy atom. The lowest BCUT2D eigenvalue weighted by Gasteiger charge is -2.13. The smallest absolute Gasteiger partial charge is 0.242 e. The van der Waals surface area contributed by atoms with Crippen molar-refractivity contribution in [3.05, 3.63) is 24.3 Å². The third kappa shape index (κ3) is 2.74. The summed E-state index contributed by atoms with van der Waals surface area (Å²) in [7, 11) is 0. The molecule has 2 N–H and O–H groups in total. The molecule has 16 heavy (non-hydrogen) atoms. The van der Waals surface area contributed by atoms with Crippen LogP contribution in [0.4, 0.5) is 5.69 Å². The van der Waals surface area contributed by atoms with Gasteiger partial charge in [-0.05, 0) is 18.1 Å². The Balaban J connectivity index is 2.79. The molecule has 4 heteroatoms. The number of amides is 1. The minimum absolute atomic E-state index is 0.00343. The normalized spacial score (nSPS) is 11.9. The van der Waals surface area contributed by atoms with Gasteiger partial charge < -0.3 is 10.4 Å². The first-order chi connectivity index (χ1) is 7.56. The number of carbonyl (C=O) groups excluding carboxylic acids is 1. The van der Waals surface area contributed by atoms with Crippen molar-refractivity contribution >= 4 is 11.6 Å². The van der Waals surface area contributed by atoms with Crippen molar-refractivity contribution in [2.75, 3.05) is 5.32 Å². The number of nitrogens with one attached hydrogen (secondary N) is 1. The number of nitrogens with zero attached hydrogens (tertiary/aromatic N) is 1. The molecule has 84 valence electrons. The van der Waals surface area contributed by atoms with E-state index in [1.807, 2.05) is 6.07 Å². The maximum Gasteiger partial charge on any atom is 0.242 e. The number of hydrogen-bond donors (Lipinski definition) is 2. The van der Waals surface area contributed by atoms with Gasteiger partial charge in [-0.3, -0.25) is 4.79 Å². The lowest BCUT2D eigenvalue weighted by atomic mass is 9.96. The van der Waals surface area contributed by atoms with E-state index in [1.165, 1.54) is 6.07 Å². The molecule has 0 aromatic heterocycles. The zero-order valence-corrected chi connectivity index (χ0v) is 9.27. The van der Waals surface area contributed by atoms with Crippen LogP contribution in [0, 0.1) is 23.2 Å². The number of benzene rings is 1. The number of hydrogen-bond acceptors (Lipinski definition) is 3. The van der Waals surface area contributed by atoms with Crippen LogP contribution in [0.25, 0.3) is 0 Å². The van der Waals surface area contributed by atoms with E-state index in [0.29, 0.717) is 5.69 Å². The highest BCUT2D eigenvalue weighted by molar-refractivity contribution is 5.95. The lowest BCUT2D eigenvalue weighted by molar-refractivity contribution is -0.119. The van der Waals surface area contributed by atoms with Crippen LogP contribution < -0.4 is 5.32 Å². The van der Waals surface area contributed by atoms with Gasteiger partial charge >= 0.3 is 0 Å². The zero-order chi connectivity index (χ0) is 12.1. The molecular formula is C12H14N2O2. The van der Waals surface area contributed by atoms with Gasteiger partial charge in [-0.1, -0.05) is 26.0 Å². The Bertz CT molecular complexity index is 421. The molecule has 0 aliphatic rings. The number of carbonyl (C=O) groups is 1. The number of anilines is 1. The molecule has 0 fully saturated rings. The topological polar surface area (TPSA) is 73.1 Å². The highest BCUT2D eigenvalue weighted by Gasteiger charge is 2.22. The van der Waals surface area contributed by atoms with E-state index in [2.05, 4.69) is 5.32 Å². The molecular weight excluding hydrogens is 204 g/mol. The molecule has 1 unspecified atom stereocenters. The molecule has 4 nitrogen and oxygen atoms in total. The quantitative estimate of drug-likeness (QED) is 0.763. The summed E-state index contributed by atoms with van der Waals surface area (Å²) in [5, 5.41) is 20.8. The van der Waals surface area contributed by atoms with E-state index in [9.17, 15) is 9.90 Å². The number of rotatable bonds is 3. The third-order valence-electron chi connectivity index (χ3n) is 2.25. The average molecular weight is 218 g/mol. The first-order valence-electron chi connectivity index (χ1n) is 5.04. The van der Waals surface area contributed by atoms with Crippen LogP contribution >= 0.6 is 0 Å². The van der Waals surface area contributed by atoms with E-state index >= 15 is 0 Å². The standard InChI is InChI=1S/C12H14N2O2/c1-8(2)9(7-13)12(16)14-10-5-3-4-6-11(10)15/h3-6,8-9,15H,1-2H3,(H,14,16). The minimum atomic E-state index is -0.709. The number of aromatic hydroxyl groups is 1. The fourth-order valence-corrected chi connectivity index (χ4v) is 1.30. The number of nitriles is 1. The van der Waals surface area contributed by atoms with Crippen molar-refractivity contribution in [3.63, 3.8) is 0 Å². The van der Waals surface area contributed by atoms with Crippen molar-refractivity contribution in [2.45, 2.75) is 13.8 Å². The molecule has 0 aliphatic heterocycles. The maximum absolute atomic E-state index is 11.7. The lowest BCUT2D eigenvalue weighted by Crippen LogP contribution is -2.25. The average Bonchev–Trinajstić information content (AvgIpc) is 2.22. The molecule has 1 rings (SSSR count). The van der Waals surface area contributed by atoms with Crippen LogP contribution in [-0.2, 0) is 4.79 Å². The van der Waals surface area contributed by atoms with E-state index in [0.717, 1.165) is 0 Å². The Morgan fingerprint density at radius 1 is 1.44 bits per heavy atom. The van der Waals surface area contributed by atoms with Crippen molar-refractivity contribution in [1.29, 1.82) is 5.26 Å². The van der Waals surface area contributed by atoms with Crippen LogP contribution in [0.3, 0.4) is 0 Å². The predicted octanol–water partition coefficient (Wildman–Crippen LogP) is 2.13. The summed E-state index contributed by atoms with van der Waals surface area (Å²) in [6, 6.07) is 8.37. The second-order valence-corrected chi connectivity index (χ2v) is 3.86. The molecule has 0 saturated heterocycles. The molecule has 0 heterocycles. The van der Waals surface area contributed by atoms with Crippen LogP contribution in [0.1, 0.15) is 13.8 Å². The number of phenolic OH excluding ortho intramolecular Hbond substituents is 1. The summed E-state index contributed by atoms with van der Waals surface area (Å²) in [6.07, 6.45) is 0. The van der Waals surface area contributed by atoms with Gasteiger partial charge in [0.25, 0.3) is 0 Å². The van der Waals surface area contributed by atoms with Gasteiger partial charge in [0.05, 0.1) is 11.8 Å². The summed E-state index contributed by atoms with van der Waals surface area (Å²) >= 11 is 0. The van der Waals surface area contributed by atoms with Crippen molar-refractivity contribution in [2.24, 2.45) is 11.8 Å². The van der Waals surface area contributed by atoms with Gasteiger partial charge in [0, 0.05) is 0 Å². The van der Waals surface area contributed by atoms with Gasteiger partial charge in [0.2, 0.25) is 5.91 Å². The second kappa shape index (κ2) is 5.17. The molecule has 1 atom stereocenters. The van der Waals surface area contributed by atoms with E-state index in [-0.39, 0.29) is 17.6 Å². The van der Waals surface area contributed by atoms with E-state index in [1.54, 1.807) is 32.0 Å². The highest BCUT2D eigenvalue weighted by Crippen LogP contribution is 2.23. The summed E-state index contributed by atoms with van der Waals surface area (Å²) < 4.78 is 0. The molecule has 0 bridgehead atoms. The van der Waals surface area contributed by atoms with Crippen molar-refractivity contribution < 1.29 is 9.90 Å². The molecule has 1 amide bonds. The molecule has 0 saturated carbocycles. The summed E-state index contributed by atoms with van der Waals surface area (Å²) in [4.78, 5) is 11.7. The molecule has 1 aromatic rings. The highest BCUT2D eigenvalue weighted by atomic mass is 16.3. The molecule has 1 aromatic carbocycles. The zero-order valence-electron chi connectivity index (χ0n) is 9.27. The van der Waals surface area contributed by atoms with Gasteiger partial charge in [0.1, 0.15) is 11.7 Å². The number of para-hydroxylation sites is 2. The summed E-state index contributed by atoms with van der Waals surface area (Å²) in [6.45, 7) is 3.61. The Morgan fingerprint density at radius 2 is 2.06 bits per heavy atom. The van der Waals surface area contributed by atoms with Crippen LogP contribution in [0.2, 0.25) is 0 Å². The minimum Gasteiger partial charge on any atom is -0.506 e. The first kappa shape index (κ1) is 12.1. The van der Waals surface area contributed by atoms with Crippen molar-refractivity contribution in [3.8, 4) is 11.8 Å². The Labute approximate surface area is 94.5 Å². The largest absolute Gasteiger partial charge is 0.506 e. The van der Waals surface area contributed by atoms with Gasteiger partial charge in [-0.25, -0.2) is 0 Å². The van der Waals surface area contributed by atoms with Crippen molar-refractivity contribution in [1.82, 2.24) is 0 Å². The Kier molecular flexibility index (Phi) is 3.90. The molecule has 0 radical (unpaired) electrons. The Hall–Kier alpha value is -2.02. The van der Waals surface area contributed by atoms with Gasteiger partial charge in [-0.2, -0.15) is 5.26 Å². The third-order valence-corrected chi connectivity index (χ3v) is 2.25. The van der Waals surface area contributed by atoms with E-state index in [4.69, 9.17) is 5.26 Å². The SMILES string of the molecule is CC(C)C(C#N)C(=O)Nc1ccccc1O. The van der Waals surface area contributed by atoms with Crippen LogP contribution in [0.5, 0.6) is 5.75 Å². The van der Waals surface area contributed by atoms with Gasteiger partial charge in [0.15, 0.2) is 0 Å². The summed E-state index contributed by atoms with van der Waals surface area (Å²) in [5.74, 6) is -1.16. The second-order valence-electron chi connectivity index (χ2n) is 3.86. The summed E-state index contributed by atoms with van der Waals surface area (Å²) in [5.41, 5.74) is 0.327. The fourth-order valence-electron chi connectivity index (χ4n) is 1.30. The molecule has 0 spiro atoms.